The molecule has 0 aliphatic rings. The molecule has 5 nitrogen and oxygen atoms in total. The van der Waals surface area contributed by atoms with E-state index in [9.17, 15) is 0 Å². The maximum absolute atomic E-state index is 5.54. The first kappa shape index (κ1) is 39.2. The van der Waals surface area contributed by atoms with E-state index in [0.717, 1.165) is 44.1 Å². The Morgan fingerprint density at radius 2 is 0.710 bits per heavy atom. The lowest BCUT2D eigenvalue weighted by Gasteiger charge is -2.34. The number of aromatic nitrogens is 5. The second kappa shape index (κ2) is 15.6. The van der Waals surface area contributed by atoms with E-state index in [-0.39, 0.29) is 0 Å². The molecule has 0 atom stereocenters. The molecule has 4 aromatic heterocycles. The van der Waals surface area contributed by atoms with Crippen LogP contribution in [0.1, 0.15) is 0 Å². The van der Waals surface area contributed by atoms with Crippen molar-refractivity contribution in [2.75, 3.05) is 0 Å². The molecule has 6 heteroatoms. The molecule has 0 amide bonds. The summed E-state index contributed by atoms with van der Waals surface area (Å²) in [5, 5.41) is 12.4. The summed E-state index contributed by atoms with van der Waals surface area (Å²) in [6, 6.07) is 90.1. The molecule has 10 aromatic carbocycles. The van der Waals surface area contributed by atoms with Gasteiger partial charge >= 0.3 is 0 Å². The minimum absolute atomic E-state index is 0.566. The van der Waals surface area contributed by atoms with Gasteiger partial charge in [0.15, 0.2) is 19.7 Å². The van der Waals surface area contributed by atoms with Crippen molar-refractivity contribution in [2.45, 2.75) is 0 Å². The van der Waals surface area contributed by atoms with Gasteiger partial charge in [0, 0.05) is 43.4 Å². The Morgan fingerprint density at radius 1 is 0.290 bits per heavy atom. The van der Waals surface area contributed by atoms with Gasteiger partial charge in [0.05, 0.1) is 27.6 Å². The molecule has 4 heterocycles. The molecule has 0 unspecified atom stereocenters. The van der Waals surface area contributed by atoms with E-state index >= 15 is 0 Å². The number of benzene rings is 10. The summed E-state index contributed by atoms with van der Waals surface area (Å²) in [7, 11) is -2.88. The summed E-state index contributed by atoms with van der Waals surface area (Å²) in [5.41, 5.74) is 9.77. The van der Waals surface area contributed by atoms with Gasteiger partial charge in [-0.05, 0) is 68.3 Å². The van der Waals surface area contributed by atoms with Gasteiger partial charge in [-0.15, -0.1) is 0 Å². The van der Waals surface area contributed by atoms with Crippen LogP contribution in [0.5, 0.6) is 0 Å². The molecule has 14 aromatic rings. The standard InChI is InChI=1S/C63H41N5Si/c1-4-22-44(23-5-1)69(45-24-6-2-7-25-45,46-26-8-3-9-27-46)47-28-20-21-42(39-47)61-64-62(66-63(65-61)68-58-37-18-12-30-49(58)50-31-13-19-38-59(50)68)53-34-11-10-29-48(53)43-40-54-51-32-14-16-35-56(51)67-57-36-17-15-33-52(57)55(41-43)60(54)67/h1-41H. The molecule has 322 valence electrons. The Bertz CT molecular complexity index is 4020. The largest absolute Gasteiger partial charge is 0.308 e. The average Bonchev–Trinajstić information content (AvgIpc) is 4.07. The van der Waals surface area contributed by atoms with E-state index < -0.39 is 8.07 Å². The Kier molecular flexibility index (Phi) is 8.84. The normalized spacial score (nSPS) is 12.1. The Morgan fingerprint density at radius 3 is 1.25 bits per heavy atom. The number of hydrogen-bond donors (Lipinski definition) is 0. The highest BCUT2D eigenvalue weighted by atomic mass is 28.3. The second-order valence-electron chi connectivity index (χ2n) is 17.9. The van der Waals surface area contributed by atoms with Crippen LogP contribution in [-0.2, 0) is 0 Å². The van der Waals surface area contributed by atoms with Crippen LogP contribution in [0.4, 0.5) is 0 Å². The van der Waals surface area contributed by atoms with Crippen molar-refractivity contribution in [3.63, 3.8) is 0 Å². The van der Waals surface area contributed by atoms with Crippen molar-refractivity contribution in [1.29, 1.82) is 0 Å². The predicted molar refractivity (Wildman–Crippen MR) is 289 cm³/mol. The van der Waals surface area contributed by atoms with Crippen LogP contribution in [0.15, 0.2) is 249 Å². The summed E-state index contributed by atoms with van der Waals surface area (Å²) < 4.78 is 4.64. The Balaban J connectivity index is 1.04. The first-order chi connectivity index (χ1) is 34.2. The molecule has 0 saturated heterocycles. The molecule has 0 fully saturated rings. The maximum atomic E-state index is 5.54. The lowest BCUT2D eigenvalue weighted by atomic mass is 9.95. The van der Waals surface area contributed by atoms with Gasteiger partial charge in [0.2, 0.25) is 5.95 Å². The van der Waals surface area contributed by atoms with Crippen LogP contribution in [-0.4, -0.2) is 32.0 Å². The van der Waals surface area contributed by atoms with Gasteiger partial charge in [-0.1, -0.05) is 212 Å². The van der Waals surface area contributed by atoms with Crippen molar-refractivity contribution in [2.24, 2.45) is 0 Å². The molecule has 0 aliphatic heterocycles. The summed E-state index contributed by atoms with van der Waals surface area (Å²) in [4.78, 5) is 16.5. The molecule has 69 heavy (non-hydrogen) atoms. The van der Waals surface area contributed by atoms with Gasteiger partial charge in [-0.25, -0.2) is 4.98 Å². The summed E-state index contributed by atoms with van der Waals surface area (Å²) in [6.07, 6.45) is 0. The maximum Gasteiger partial charge on any atom is 0.238 e. The SMILES string of the molecule is c1ccc([Si](c2ccccc2)(c2ccccc2)c2cccc(-c3nc(-c4ccccc4-c4cc5c6ccccc6n6c7ccccc7c(c4)c56)nc(-n4c5ccccc5c5ccccc54)n3)c2)cc1. The molecule has 0 radical (unpaired) electrons. The molecular weight excluding hydrogens is 855 g/mol. The fourth-order valence-corrected chi connectivity index (χ4v) is 16.1. The van der Waals surface area contributed by atoms with E-state index in [1.54, 1.807) is 0 Å². The van der Waals surface area contributed by atoms with Gasteiger partial charge in [0.1, 0.15) is 0 Å². The molecule has 0 N–H and O–H groups in total. The van der Waals surface area contributed by atoms with Crippen molar-refractivity contribution in [3.8, 4) is 39.9 Å². The average molecular weight is 896 g/mol. The highest BCUT2D eigenvalue weighted by molar-refractivity contribution is 7.19. The third kappa shape index (κ3) is 5.92. The summed E-state index contributed by atoms with van der Waals surface area (Å²) in [5.74, 6) is 1.78. The molecule has 0 saturated carbocycles. The van der Waals surface area contributed by atoms with E-state index in [2.05, 4.69) is 258 Å². The van der Waals surface area contributed by atoms with Crippen LogP contribution in [0.3, 0.4) is 0 Å². The van der Waals surface area contributed by atoms with Crippen LogP contribution >= 0.6 is 0 Å². The number of rotatable bonds is 8. The van der Waals surface area contributed by atoms with E-state index in [4.69, 9.17) is 15.0 Å². The Hall–Kier alpha value is -8.97. The first-order valence-corrected chi connectivity index (χ1v) is 25.5. The highest BCUT2D eigenvalue weighted by Crippen LogP contribution is 2.43. The first-order valence-electron chi connectivity index (χ1n) is 23.5. The van der Waals surface area contributed by atoms with Crippen LogP contribution < -0.4 is 20.7 Å². The number of hydrogen-bond acceptors (Lipinski definition) is 3. The van der Waals surface area contributed by atoms with Gasteiger partial charge < -0.3 is 4.40 Å². The fourth-order valence-electron chi connectivity index (χ4n) is 11.3. The topological polar surface area (TPSA) is 48.0 Å². The number of para-hydroxylation sites is 4. The minimum Gasteiger partial charge on any atom is -0.308 e. The van der Waals surface area contributed by atoms with Gasteiger partial charge in [-0.2, -0.15) is 9.97 Å². The van der Waals surface area contributed by atoms with E-state index in [1.807, 2.05) is 0 Å². The van der Waals surface area contributed by atoms with Crippen LogP contribution in [0, 0.1) is 0 Å². The monoisotopic (exact) mass is 895 g/mol. The third-order valence-corrected chi connectivity index (χ3v) is 19.0. The molecular formula is C63H41N5Si. The second-order valence-corrected chi connectivity index (χ2v) is 21.7. The summed E-state index contributed by atoms with van der Waals surface area (Å²) in [6.45, 7) is 0. The zero-order valence-corrected chi connectivity index (χ0v) is 38.4. The van der Waals surface area contributed by atoms with Gasteiger partial charge in [-0.3, -0.25) is 4.57 Å². The Labute approximate surface area is 399 Å². The van der Waals surface area contributed by atoms with Crippen LogP contribution in [0.2, 0.25) is 0 Å². The predicted octanol–water partition coefficient (Wildman–Crippen LogP) is 12.5. The molecule has 14 rings (SSSR count). The third-order valence-electron chi connectivity index (χ3n) is 14.3. The quantitative estimate of drug-likeness (QED) is 0.113. The highest BCUT2D eigenvalue weighted by Gasteiger charge is 2.41. The smallest absolute Gasteiger partial charge is 0.238 e. The molecule has 0 spiro atoms. The van der Waals surface area contributed by atoms with E-state index in [0.29, 0.717) is 17.6 Å². The van der Waals surface area contributed by atoms with Crippen molar-refractivity contribution in [1.82, 2.24) is 23.9 Å². The molecule has 0 bridgehead atoms. The van der Waals surface area contributed by atoms with Crippen molar-refractivity contribution in [3.05, 3.63) is 249 Å². The summed E-state index contributed by atoms with van der Waals surface area (Å²) >= 11 is 0. The zero-order valence-electron chi connectivity index (χ0n) is 37.4. The van der Waals surface area contributed by atoms with E-state index in [1.165, 1.54) is 58.8 Å². The minimum atomic E-state index is -2.88. The molecule has 0 aliphatic carbocycles. The van der Waals surface area contributed by atoms with Crippen LogP contribution in [0.25, 0.3) is 99.8 Å². The lowest BCUT2D eigenvalue weighted by Crippen LogP contribution is -2.74. The zero-order chi connectivity index (χ0) is 45.5. The van der Waals surface area contributed by atoms with Gasteiger partial charge in [0.25, 0.3) is 0 Å². The van der Waals surface area contributed by atoms with Crippen molar-refractivity contribution < 1.29 is 0 Å². The fraction of sp³-hybridized carbons (Fsp3) is 0. The number of fused-ring (bicyclic) bond motifs is 9. The van der Waals surface area contributed by atoms with Crippen molar-refractivity contribution >= 4 is 88.7 Å². The number of nitrogens with zero attached hydrogens (tertiary/aromatic N) is 5. The lowest BCUT2D eigenvalue weighted by molar-refractivity contribution is 0.954.